The molecular weight excluding hydrogens is 1320 g/mol. The van der Waals surface area contributed by atoms with Crippen molar-refractivity contribution in [3.05, 3.63) is 34.3 Å². The lowest BCUT2D eigenvalue weighted by atomic mass is 9.84. The lowest BCUT2D eigenvalue weighted by Gasteiger charge is -2.45. The van der Waals surface area contributed by atoms with E-state index in [1.165, 1.54) is 89.6 Å². The van der Waals surface area contributed by atoms with Crippen molar-refractivity contribution in [2.24, 2.45) is 23.7 Å². The maximum Gasteiger partial charge on any atom is 0.417 e. The van der Waals surface area contributed by atoms with Crippen LogP contribution in [0.5, 0.6) is 0 Å². The highest BCUT2D eigenvalue weighted by Crippen LogP contribution is 2.38. The van der Waals surface area contributed by atoms with E-state index in [0.29, 0.717) is 50.8 Å². The van der Waals surface area contributed by atoms with Crippen LogP contribution in [-0.4, -0.2) is 250 Å². The number of fused-ring (bicyclic) bond motifs is 2. The van der Waals surface area contributed by atoms with Gasteiger partial charge in [-0.05, 0) is 132 Å². The number of benzene rings is 1. The molecule has 12 amide bonds. The number of nitrogens with zero attached hydrogens (tertiary/aromatic N) is 9. The van der Waals surface area contributed by atoms with Gasteiger partial charge in [-0.1, -0.05) is 103 Å². The molecule has 7 aliphatic rings. The summed E-state index contributed by atoms with van der Waals surface area (Å²) >= 11 is 6.16. The van der Waals surface area contributed by atoms with E-state index in [1.54, 1.807) is 18.7 Å². The van der Waals surface area contributed by atoms with Crippen molar-refractivity contribution in [2.45, 2.75) is 248 Å². The first-order valence-electron chi connectivity index (χ1n) is 36.4. The molecule has 28 heteroatoms. The molecule has 0 unspecified atom stereocenters. The van der Waals surface area contributed by atoms with Crippen LogP contribution in [-0.2, 0) is 70.1 Å². The zero-order valence-electron chi connectivity index (χ0n) is 60.5. The Hall–Kier alpha value is -7.06. The molecule has 3 aliphatic carbocycles. The highest BCUT2D eigenvalue weighted by atomic mass is 35.5. The lowest BCUT2D eigenvalue weighted by molar-refractivity contribution is -0.160. The SMILES string of the molecule is CC(C)C[C@H]1C(=O)N[C@@H](CC2CC2)C(=O)N(C)[C@@H](C)C(=O)N2CC[C@H]2C(=O)N(C)[C@@H](CC2CCCCC2)C(=O)N(C)CC(=O)N[C@@H](CCc2ccc(C(F)(F)F)c(Cl)c2)C(=O)N2CCC[C@H]2C(=O)NC2(CCCC2)C(=O)N(C)[C@@H](C(C)C)C(=O)N(C)[C@H](C(=O)N2CCCCC2)CC(=O)N1C. The van der Waals surface area contributed by atoms with Gasteiger partial charge in [-0.15, -0.1) is 0 Å². The van der Waals surface area contributed by atoms with E-state index in [4.69, 9.17) is 11.6 Å². The van der Waals surface area contributed by atoms with Crippen molar-refractivity contribution in [2.75, 3.05) is 75.0 Å². The van der Waals surface area contributed by atoms with Gasteiger partial charge in [0.1, 0.15) is 59.9 Å². The standard InChI is InChI=1S/C72H108ClF3N12O12/c1-43(2)37-55-61(91)78-52(39-48-24-25-48)64(94)81(7)45(5)63(93)88-36-30-54(88)67(97)83(9)56(40-46-21-14-12-15-22-46)66(96)80(6)42-58(89)77-51(29-27-47-26-28-49(50(73)38-47)72(74,75)76)65(95)87-35-20-23-53(87)62(92)79-71(31-16-17-32-71)70(100)85(11)60(44(3)4)69(99)84(10)57(41-59(90)82(55)8)68(98)86-33-18-13-19-34-86/h26,28,38,43-46,48,51-57,60H,12-25,27,29-37,39-42H2,1-11H3,(H,77,89)(H,78,91)(H,79,92)/t45-,51-,52-,53-,54-,55-,56-,57-,60-/m0/s1. The summed E-state index contributed by atoms with van der Waals surface area (Å²) in [6, 6.07) is -7.68. The molecule has 0 aromatic heterocycles. The smallest absolute Gasteiger partial charge is 0.343 e. The van der Waals surface area contributed by atoms with E-state index in [-0.39, 0.29) is 88.6 Å². The van der Waals surface area contributed by atoms with Gasteiger partial charge < -0.3 is 60.0 Å². The van der Waals surface area contributed by atoms with Crippen LogP contribution in [0.1, 0.15) is 187 Å². The number of amides is 12. The molecule has 9 atom stereocenters. The first-order valence-corrected chi connectivity index (χ1v) is 36.8. The van der Waals surface area contributed by atoms with Gasteiger partial charge in [-0.2, -0.15) is 13.2 Å². The number of alkyl halides is 3. The maximum absolute atomic E-state index is 15.4. The Bertz CT molecular complexity index is 3190. The number of hydrogen-bond donors (Lipinski definition) is 3. The average molecular weight is 1430 g/mol. The predicted octanol–water partition coefficient (Wildman–Crippen LogP) is 5.78. The van der Waals surface area contributed by atoms with Crippen LogP contribution in [0, 0.1) is 23.7 Å². The van der Waals surface area contributed by atoms with Crippen molar-refractivity contribution < 1.29 is 70.7 Å². The first-order chi connectivity index (χ1) is 47.2. The minimum atomic E-state index is -4.76. The summed E-state index contributed by atoms with van der Waals surface area (Å²) in [5.41, 5.74) is -2.35. The predicted molar refractivity (Wildman–Crippen MR) is 367 cm³/mol. The van der Waals surface area contributed by atoms with Crippen LogP contribution in [0.25, 0.3) is 0 Å². The molecule has 4 heterocycles. The van der Waals surface area contributed by atoms with E-state index < -0.39 is 166 Å². The molecule has 556 valence electrons. The van der Waals surface area contributed by atoms with E-state index >= 15 is 24.0 Å². The highest BCUT2D eigenvalue weighted by Gasteiger charge is 2.52. The number of likely N-dealkylation sites (tertiary alicyclic amines) is 1. The van der Waals surface area contributed by atoms with Gasteiger partial charge in [0.2, 0.25) is 70.9 Å². The number of halogens is 4. The quantitative estimate of drug-likeness (QED) is 0.238. The second kappa shape index (κ2) is 33.8. The molecule has 4 saturated heterocycles. The molecule has 100 heavy (non-hydrogen) atoms. The summed E-state index contributed by atoms with van der Waals surface area (Å²) in [5, 5.41) is 8.19. The normalized spacial score (nSPS) is 28.2. The number of piperidine rings is 1. The van der Waals surface area contributed by atoms with Crippen molar-refractivity contribution in [1.82, 2.24) is 60.0 Å². The number of rotatable bonds is 11. The number of nitrogens with one attached hydrogen (secondary N) is 3. The Kier molecular flexibility index (Phi) is 26.6. The molecule has 4 aliphatic heterocycles. The third-order valence-corrected chi connectivity index (χ3v) is 22.6. The molecule has 24 nitrogen and oxygen atoms in total. The molecule has 1 aromatic carbocycles. The van der Waals surface area contributed by atoms with Gasteiger partial charge >= 0.3 is 6.18 Å². The summed E-state index contributed by atoms with van der Waals surface area (Å²) in [7, 11) is 8.66. The summed E-state index contributed by atoms with van der Waals surface area (Å²) in [6.45, 7) is 9.09. The fourth-order valence-corrected chi connectivity index (χ4v) is 16.1. The number of hydrogen-bond acceptors (Lipinski definition) is 12. The van der Waals surface area contributed by atoms with Crippen LogP contribution in [0.15, 0.2) is 18.2 Å². The van der Waals surface area contributed by atoms with Crippen LogP contribution in [0.4, 0.5) is 13.2 Å². The van der Waals surface area contributed by atoms with Crippen molar-refractivity contribution in [3.63, 3.8) is 0 Å². The van der Waals surface area contributed by atoms with Crippen LogP contribution < -0.4 is 16.0 Å². The molecule has 1 aromatic rings. The van der Waals surface area contributed by atoms with E-state index in [1.807, 2.05) is 13.8 Å². The van der Waals surface area contributed by atoms with Crippen molar-refractivity contribution in [3.8, 4) is 0 Å². The van der Waals surface area contributed by atoms with E-state index in [2.05, 4.69) is 16.0 Å². The monoisotopic (exact) mass is 1420 g/mol. The van der Waals surface area contributed by atoms with Gasteiger partial charge in [0.05, 0.1) is 23.6 Å². The van der Waals surface area contributed by atoms with Crippen molar-refractivity contribution in [1.29, 1.82) is 0 Å². The molecular formula is C72H108ClF3N12O12. The number of carbonyl (C=O) groups excluding carboxylic acids is 12. The summed E-state index contributed by atoms with van der Waals surface area (Å²) in [4.78, 5) is 192. The van der Waals surface area contributed by atoms with E-state index in [0.717, 1.165) is 68.4 Å². The Morgan fingerprint density at radius 3 is 1.82 bits per heavy atom. The fraction of sp³-hybridized carbons (Fsp3) is 0.750. The average Bonchev–Trinajstić information content (AvgIpc) is 1.49. The second-order valence-electron chi connectivity index (χ2n) is 30.3. The highest BCUT2D eigenvalue weighted by molar-refractivity contribution is 6.31. The summed E-state index contributed by atoms with van der Waals surface area (Å²) < 4.78 is 41.6. The zero-order chi connectivity index (χ0) is 73.4. The Morgan fingerprint density at radius 1 is 0.600 bits per heavy atom. The Morgan fingerprint density at radius 2 is 1.23 bits per heavy atom. The fourth-order valence-electron chi connectivity index (χ4n) is 15.8. The van der Waals surface area contributed by atoms with Crippen LogP contribution >= 0.6 is 11.6 Å². The third kappa shape index (κ3) is 18.6. The minimum absolute atomic E-state index is 0.0276. The van der Waals surface area contributed by atoms with Crippen molar-refractivity contribution >= 4 is 82.5 Å². The first kappa shape index (κ1) is 78.7. The Balaban J connectivity index is 1.16. The minimum Gasteiger partial charge on any atom is -0.343 e. The van der Waals surface area contributed by atoms with Gasteiger partial charge in [0, 0.05) is 68.5 Å². The Labute approximate surface area is 592 Å². The van der Waals surface area contributed by atoms with Crippen LogP contribution in [0.2, 0.25) is 5.02 Å². The molecule has 1 spiro atoms. The van der Waals surface area contributed by atoms with E-state index in [9.17, 15) is 46.7 Å². The van der Waals surface area contributed by atoms with Crippen LogP contribution in [0.3, 0.4) is 0 Å². The summed E-state index contributed by atoms with van der Waals surface area (Å²) in [6.07, 6.45) is 5.30. The molecule has 3 saturated carbocycles. The van der Waals surface area contributed by atoms with Gasteiger partial charge in [-0.3, -0.25) is 57.5 Å². The number of likely N-dealkylation sites (N-methyl/N-ethyl adjacent to an activating group) is 6. The largest absolute Gasteiger partial charge is 0.417 e. The lowest BCUT2D eigenvalue weighted by Crippen LogP contribution is -2.65. The summed E-state index contributed by atoms with van der Waals surface area (Å²) in [5.74, 6) is -8.14. The molecule has 3 N–H and O–H groups in total. The van der Waals surface area contributed by atoms with Gasteiger partial charge in [0.15, 0.2) is 0 Å². The number of carbonyl (C=O) groups is 12. The molecule has 8 rings (SSSR count). The molecule has 7 fully saturated rings. The van der Waals surface area contributed by atoms with Gasteiger partial charge in [0.25, 0.3) is 0 Å². The zero-order valence-corrected chi connectivity index (χ0v) is 61.2. The maximum atomic E-state index is 15.4. The third-order valence-electron chi connectivity index (χ3n) is 22.3. The van der Waals surface area contributed by atoms with Gasteiger partial charge in [-0.25, -0.2) is 0 Å². The topological polar surface area (TPSA) is 270 Å². The number of aryl methyl sites for hydroxylation is 1. The second-order valence-corrected chi connectivity index (χ2v) is 30.8. The molecule has 0 bridgehead atoms. The molecule has 0 radical (unpaired) electrons.